The number of nitrogens with one attached hydrogen (secondary N) is 2. The van der Waals surface area contributed by atoms with Crippen LogP contribution in [0.1, 0.15) is 63.4 Å². The summed E-state index contributed by atoms with van der Waals surface area (Å²) in [6.07, 6.45) is 4.59. The Morgan fingerprint density at radius 2 is 2.00 bits per heavy atom. The standard InChI is InChI=1S/C25H33FN4O4/c1-4-34-13-7-12-30-23(32)22-21(27-16(2)31)19-14-17(26)10-11-20(19)29(22)15-25(30,3)24(33)28-18-8-5-6-9-18/h10-11,14,18H,4-9,12-13,15H2,1-3H3,(H,27,31)(H,28,33)/t25-/m0/s1. The normalized spacial score (nSPS) is 20.6. The Hall–Kier alpha value is -2.94. The SMILES string of the molecule is CCOCCCN1C(=O)c2c(NC(C)=O)c3cc(F)ccc3n2C[C@@]1(C)C(=O)NC1CCCC1. The zero-order chi connectivity index (χ0) is 24.5. The maximum Gasteiger partial charge on any atom is 0.273 e. The molecule has 1 atom stereocenters. The molecule has 2 N–H and O–H groups in total. The molecule has 2 aromatic rings. The summed E-state index contributed by atoms with van der Waals surface area (Å²) in [6.45, 7) is 6.59. The van der Waals surface area contributed by atoms with Crippen LogP contribution in [0.2, 0.25) is 0 Å². The second kappa shape index (κ2) is 9.74. The number of ether oxygens (including phenoxy) is 1. The van der Waals surface area contributed by atoms with Crippen molar-refractivity contribution in [3.63, 3.8) is 0 Å². The van der Waals surface area contributed by atoms with E-state index in [0.717, 1.165) is 25.7 Å². The van der Waals surface area contributed by atoms with Crippen LogP contribution in [0, 0.1) is 5.82 Å². The lowest BCUT2D eigenvalue weighted by atomic mass is 9.93. The van der Waals surface area contributed by atoms with Crippen molar-refractivity contribution in [3.05, 3.63) is 29.7 Å². The van der Waals surface area contributed by atoms with E-state index in [4.69, 9.17) is 4.74 Å². The predicted octanol–water partition coefficient (Wildman–Crippen LogP) is 3.44. The average Bonchev–Trinajstić information content (AvgIpc) is 3.39. The molecular weight excluding hydrogens is 439 g/mol. The third kappa shape index (κ3) is 4.41. The predicted molar refractivity (Wildman–Crippen MR) is 127 cm³/mol. The van der Waals surface area contributed by atoms with Crippen molar-refractivity contribution in [1.82, 2.24) is 14.8 Å². The maximum absolute atomic E-state index is 14.1. The van der Waals surface area contributed by atoms with Crippen LogP contribution < -0.4 is 10.6 Å². The first-order valence-electron chi connectivity index (χ1n) is 12.1. The summed E-state index contributed by atoms with van der Waals surface area (Å²) in [4.78, 5) is 41.1. The summed E-state index contributed by atoms with van der Waals surface area (Å²) in [6, 6.07) is 4.33. The van der Waals surface area contributed by atoms with Crippen LogP contribution in [0.15, 0.2) is 18.2 Å². The summed E-state index contributed by atoms with van der Waals surface area (Å²) in [7, 11) is 0. The minimum absolute atomic E-state index is 0.108. The number of rotatable bonds is 8. The van der Waals surface area contributed by atoms with Crippen LogP contribution in [0.3, 0.4) is 0 Å². The zero-order valence-corrected chi connectivity index (χ0v) is 20.1. The van der Waals surface area contributed by atoms with Crippen LogP contribution in [0.5, 0.6) is 0 Å². The molecule has 3 amide bonds. The van der Waals surface area contributed by atoms with Gasteiger partial charge in [-0.1, -0.05) is 12.8 Å². The highest BCUT2D eigenvalue weighted by atomic mass is 19.1. The summed E-state index contributed by atoms with van der Waals surface area (Å²) < 4.78 is 21.4. The molecule has 2 heterocycles. The van der Waals surface area contributed by atoms with E-state index in [1.165, 1.54) is 19.1 Å². The van der Waals surface area contributed by atoms with Gasteiger partial charge in [-0.15, -0.1) is 0 Å². The van der Waals surface area contributed by atoms with Gasteiger partial charge in [-0.2, -0.15) is 0 Å². The van der Waals surface area contributed by atoms with Crippen LogP contribution in [0.25, 0.3) is 10.9 Å². The highest BCUT2D eigenvalue weighted by Gasteiger charge is 2.49. The monoisotopic (exact) mass is 472 g/mol. The molecule has 0 radical (unpaired) electrons. The lowest BCUT2D eigenvalue weighted by Gasteiger charge is -2.44. The highest BCUT2D eigenvalue weighted by Crippen LogP contribution is 2.39. The molecule has 34 heavy (non-hydrogen) atoms. The van der Waals surface area contributed by atoms with E-state index in [1.807, 2.05) is 6.92 Å². The second-order valence-electron chi connectivity index (χ2n) is 9.39. The van der Waals surface area contributed by atoms with E-state index < -0.39 is 11.4 Å². The fourth-order valence-corrected chi connectivity index (χ4v) is 5.18. The van der Waals surface area contributed by atoms with Gasteiger partial charge in [-0.05, 0) is 51.3 Å². The van der Waals surface area contributed by atoms with E-state index >= 15 is 0 Å². The van der Waals surface area contributed by atoms with Gasteiger partial charge in [0.05, 0.1) is 17.7 Å². The summed E-state index contributed by atoms with van der Waals surface area (Å²) in [5.74, 6) is -1.39. The van der Waals surface area contributed by atoms with Gasteiger partial charge < -0.3 is 24.8 Å². The molecule has 0 unspecified atom stereocenters. The third-order valence-corrected chi connectivity index (χ3v) is 6.89. The quantitative estimate of drug-likeness (QED) is 0.576. The van der Waals surface area contributed by atoms with Gasteiger partial charge in [0.2, 0.25) is 11.8 Å². The number of carbonyl (C=O) groups excluding carboxylic acids is 3. The van der Waals surface area contributed by atoms with Gasteiger partial charge in [0.1, 0.15) is 17.1 Å². The van der Waals surface area contributed by atoms with Gasteiger partial charge in [-0.25, -0.2) is 4.39 Å². The molecule has 1 aromatic heterocycles. The molecule has 4 rings (SSSR count). The first-order valence-corrected chi connectivity index (χ1v) is 12.1. The molecule has 1 saturated carbocycles. The molecule has 1 aliphatic heterocycles. The van der Waals surface area contributed by atoms with Gasteiger partial charge in [0, 0.05) is 38.1 Å². The van der Waals surface area contributed by atoms with E-state index in [-0.39, 0.29) is 41.7 Å². The Morgan fingerprint density at radius 1 is 1.26 bits per heavy atom. The fourth-order valence-electron chi connectivity index (χ4n) is 5.18. The van der Waals surface area contributed by atoms with Crippen molar-refractivity contribution in [3.8, 4) is 0 Å². The zero-order valence-electron chi connectivity index (χ0n) is 20.1. The van der Waals surface area contributed by atoms with Crippen molar-refractivity contribution in [2.24, 2.45) is 0 Å². The number of hydrogen-bond acceptors (Lipinski definition) is 4. The largest absolute Gasteiger partial charge is 0.382 e. The molecule has 1 fully saturated rings. The Bertz CT molecular complexity index is 1110. The molecule has 0 spiro atoms. The molecular formula is C25H33FN4O4. The van der Waals surface area contributed by atoms with E-state index in [0.29, 0.717) is 37.1 Å². The number of anilines is 1. The van der Waals surface area contributed by atoms with Crippen molar-refractivity contribution in [2.45, 2.75) is 71.0 Å². The van der Waals surface area contributed by atoms with Crippen LogP contribution in [-0.2, 0) is 20.9 Å². The number of benzene rings is 1. The lowest BCUT2D eigenvalue weighted by Crippen LogP contribution is -2.65. The summed E-state index contributed by atoms with van der Waals surface area (Å²) >= 11 is 0. The number of amides is 3. The smallest absolute Gasteiger partial charge is 0.273 e. The molecule has 1 aliphatic carbocycles. The molecule has 0 saturated heterocycles. The maximum atomic E-state index is 14.1. The van der Waals surface area contributed by atoms with Crippen LogP contribution in [-0.4, -0.2) is 58.5 Å². The minimum atomic E-state index is -1.15. The summed E-state index contributed by atoms with van der Waals surface area (Å²) in [5, 5.41) is 6.33. The highest BCUT2D eigenvalue weighted by molar-refractivity contribution is 6.14. The number of nitrogens with zero attached hydrogens (tertiary/aromatic N) is 2. The van der Waals surface area contributed by atoms with E-state index in [1.54, 1.807) is 22.5 Å². The summed E-state index contributed by atoms with van der Waals surface area (Å²) in [5.41, 5.74) is -0.00651. The first kappa shape index (κ1) is 24.2. The van der Waals surface area contributed by atoms with Crippen molar-refractivity contribution < 1.29 is 23.5 Å². The molecule has 1 aromatic carbocycles. The van der Waals surface area contributed by atoms with Crippen molar-refractivity contribution >= 4 is 34.3 Å². The molecule has 8 nitrogen and oxygen atoms in total. The Labute approximate surface area is 198 Å². The van der Waals surface area contributed by atoms with Gasteiger partial charge >= 0.3 is 0 Å². The van der Waals surface area contributed by atoms with E-state index in [2.05, 4.69) is 10.6 Å². The van der Waals surface area contributed by atoms with Gasteiger partial charge in [-0.3, -0.25) is 14.4 Å². The first-order chi connectivity index (χ1) is 16.3. The van der Waals surface area contributed by atoms with Gasteiger partial charge in [0.25, 0.3) is 5.91 Å². The van der Waals surface area contributed by atoms with Crippen molar-refractivity contribution in [1.29, 1.82) is 0 Å². The number of halogens is 1. The number of carbonyl (C=O) groups is 3. The van der Waals surface area contributed by atoms with Crippen LogP contribution >= 0.6 is 0 Å². The third-order valence-electron chi connectivity index (χ3n) is 6.89. The Morgan fingerprint density at radius 3 is 2.68 bits per heavy atom. The van der Waals surface area contributed by atoms with Crippen molar-refractivity contribution in [2.75, 3.05) is 25.1 Å². The minimum Gasteiger partial charge on any atom is -0.382 e. The topological polar surface area (TPSA) is 92.7 Å². The lowest BCUT2D eigenvalue weighted by molar-refractivity contribution is -0.133. The fraction of sp³-hybridized carbons (Fsp3) is 0.560. The molecule has 0 bridgehead atoms. The number of fused-ring (bicyclic) bond motifs is 3. The Kier molecular flexibility index (Phi) is 6.93. The molecule has 9 heteroatoms. The van der Waals surface area contributed by atoms with Gasteiger partial charge in [0.15, 0.2) is 0 Å². The number of hydrogen-bond donors (Lipinski definition) is 2. The second-order valence-corrected chi connectivity index (χ2v) is 9.39. The molecule has 184 valence electrons. The van der Waals surface area contributed by atoms with Crippen LogP contribution in [0.4, 0.5) is 10.1 Å². The number of aromatic nitrogens is 1. The Balaban J connectivity index is 1.79. The van der Waals surface area contributed by atoms with E-state index in [9.17, 15) is 18.8 Å². The average molecular weight is 473 g/mol. The molecule has 2 aliphatic rings.